The van der Waals surface area contributed by atoms with E-state index >= 15 is 0 Å². The van der Waals surface area contributed by atoms with Gasteiger partial charge < -0.3 is 10.2 Å². The summed E-state index contributed by atoms with van der Waals surface area (Å²) >= 11 is 0. The van der Waals surface area contributed by atoms with E-state index in [9.17, 15) is 18.0 Å². The molecular weight excluding hydrogens is 522 g/mol. The third-order valence-electron chi connectivity index (χ3n) is 7.05. The highest BCUT2D eigenvalue weighted by Crippen LogP contribution is 2.25. The lowest BCUT2D eigenvalue weighted by Gasteiger charge is -2.34. The fourth-order valence-corrected chi connectivity index (χ4v) is 5.47. The normalized spacial score (nSPS) is 12.8. The first-order valence-electron chi connectivity index (χ1n) is 13.6. The molecule has 2 amide bonds. The standard InChI is InChI=1S/C32H41N3O4S/c1-7-26(5)33-32(37)30(20-27-11-9-8-10-12-27)34(21-28-16-13-23(2)14-17-28)31(36)22-35(40(6,38)39)29-18-15-24(3)19-25(29)4/h8-19,26,30H,7,20-22H2,1-6H3,(H,33,37)/t26-,30-/m0/s1. The first-order chi connectivity index (χ1) is 18.9. The van der Waals surface area contributed by atoms with Gasteiger partial charge in [-0.25, -0.2) is 8.42 Å². The molecule has 1 N–H and O–H groups in total. The molecule has 0 radical (unpaired) electrons. The molecule has 40 heavy (non-hydrogen) atoms. The quantitative estimate of drug-likeness (QED) is 0.339. The number of carbonyl (C=O) groups is 2. The van der Waals surface area contributed by atoms with Gasteiger partial charge in [0.15, 0.2) is 0 Å². The summed E-state index contributed by atoms with van der Waals surface area (Å²) in [6, 6.07) is 21.9. The molecule has 0 aromatic heterocycles. The van der Waals surface area contributed by atoms with E-state index in [1.807, 2.05) is 101 Å². The van der Waals surface area contributed by atoms with E-state index in [2.05, 4.69) is 5.32 Å². The SMILES string of the molecule is CC[C@H](C)NC(=O)[C@H](Cc1ccccc1)N(Cc1ccc(C)cc1)C(=O)CN(c1ccc(C)cc1C)S(C)(=O)=O. The predicted molar refractivity (Wildman–Crippen MR) is 162 cm³/mol. The molecule has 3 aromatic rings. The Morgan fingerprint density at radius 1 is 0.875 bits per heavy atom. The van der Waals surface area contributed by atoms with Crippen LogP contribution in [0.4, 0.5) is 5.69 Å². The summed E-state index contributed by atoms with van der Waals surface area (Å²) in [5.74, 6) is -0.720. The second-order valence-electron chi connectivity index (χ2n) is 10.6. The molecule has 0 aliphatic carbocycles. The summed E-state index contributed by atoms with van der Waals surface area (Å²) in [4.78, 5) is 29.4. The average Bonchev–Trinajstić information content (AvgIpc) is 2.90. The van der Waals surface area contributed by atoms with Crippen molar-refractivity contribution in [3.8, 4) is 0 Å². The molecule has 0 fully saturated rings. The molecule has 8 heteroatoms. The molecule has 0 aliphatic heterocycles. The molecule has 3 aromatic carbocycles. The molecule has 3 rings (SSSR count). The number of hydrogen-bond acceptors (Lipinski definition) is 4. The first-order valence-corrected chi connectivity index (χ1v) is 15.5. The Labute approximate surface area is 239 Å². The smallest absolute Gasteiger partial charge is 0.244 e. The van der Waals surface area contributed by atoms with Crippen LogP contribution in [0.5, 0.6) is 0 Å². The maximum Gasteiger partial charge on any atom is 0.244 e. The van der Waals surface area contributed by atoms with Crippen molar-refractivity contribution in [3.63, 3.8) is 0 Å². The number of carbonyl (C=O) groups excluding carboxylic acids is 2. The van der Waals surface area contributed by atoms with E-state index in [0.717, 1.165) is 44.8 Å². The lowest BCUT2D eigenvalue weighted by molar-refractivity contribution is -0.140. The predicted octanol–water partition coefficient (Wildman–Crippen LogP) is 4.93. The Morgan fingerprint density at radius 3 is 2.08 bits per heavy atom. The van der Waals surface area contributed by atoms with Gasteiger partial charge in [-0.2, -0.15) is 0 Å². The molecule has 0 saturated heterocycles. The minimum Gasteiger partial charge on any atom is -0.352 e. The molecule has 0 unspecified atom stereocenters. The lowest BCUT2D eigenvalue weighted by Crippen LogP contribution is -2.54. The van der Waals surface area contributed by atoms with Crippen LogP contribution in [0.1, 0.15) is 48.1 Å². The van der Waals surface area contributed by atoms with Crippen molar-refractivity contribution in [1.82, 2.24) is 10.2 Å². The highest BCUT2D eigenvalue weighted by molar-refractivity contribution is 7.92. The van der Waals surface area contributed by atoms with Crippen molar-refractivity contribution in [2.45, 2.75) is 66.1 Å². The van der Waals surface area contributed by atoms with E-state index in [1.165, 1.54) is 4.90 Å². The van der Waals surface area contributed by atoms with Crippen molar-refractivity contribution in [2.24, 2.45) is 0 Å². The minimum absolute atomic E-state index is 0.0789. The summed E-state index contributed by atoms with van der Waals surface area (Å²) in [5, 5.41) is 3.05. The first kappa shape index (κ1) is 30.9. The highest BCUT2D eigenvalue weighted by Gasteiger charge is 2.33. The number of hydrogen-bond donors (Lipinski definition) is 1. The number of anilines is 1. The lowest BCUT2D eigenvalue weighted by atomic mass is 10.0. The van der Waals surface area contributed by atoms with Gasteiger partial charge in [0.25, 0.3) is 0 Å². The molecule has 214 valence electrons. The maximum absolute atomic E-state index is 14.2. The van der Waals surface area contributed by atoms with Crippen LogP contribution in [-0.2, 0) is 32.6 Å². The van der Waals surface area contributed by atoms with Crippen LogP contribution in [0.25, 0.3) is 0 Å². The third-order valence-corrected chi connectivity index (χ3v) is 8.17. The van der Waals surface area contributed by atoms with Gasteiger partial charge in [0.1, 0.15) is 12.6 Å². The summed E-state index contributed by atoms with van der Waals surface area (Å²) in [6.07, 6.45) is 2.13. The Kier molecular flexibility index (Phi) is 10.5. The second-order valence-corrected chi connectivity index (χ2v) is 12.5. The monoisotopic (exact) mass is 563 g/mol. The number of sulfonamides is 1. The number of rotatable bonds is 12. The van der Waals surface area contributed by atoms with Crippen molar-refractivity contribution < 1.29 is 18.0 Å². The van der Waals surface area contributed by atoms with Crippen LogP contribution in [0, 0.1) is 20.8 Å². The van der Waals surface area contributed by atoms with E-state index in [0.29, 0.717) is 12.1 Å². The van der Waals surface area contributed by atoms with Gasteiger partial charge in [-0.15, -0.1) is 0 Å². The van der Waals surface area contributed by atoms with Gasteiger partial charge in [0.2, 0.25) is 21.8 Å². The van der Waals surface area contributed by atoms with Crippen molar-refractivity contribution >= 4 is 27.5 Å². The number of aryl methyl sites for hydroxylation is 3. The topological polar surface area (TPSA) is 86.8 Å². The minimum atomic E-state index is -3.80. The molecule has 0 bridgehead atoms. The van der Waals surface area contributed by atoms with Gasteiger partial charge in [-0.1, -0.05) is 84.8 Å². The molecular formula is C32H41N3O4S. The van der Waals surface area contributed by atoms with Crippen LogP contribution < -0.4 is 9.62 Å². The Morgan fingerprint density at radius 2 is 1.50 bits per heavy atom. The molecule has 7 nitrogen and oxygen atoms in total. The fourth-order valence-electron chi connectivity index (χ4n) is 4.57. The van der Waals surface area contributed by atoms with Crippen LogP contribution >= 0.6 is 0 Å². The van der Waals surface area contributed by atoms with Gasteiger partial charge in [-0.3, -0.25) is 13.9 Å². The Bertz CT molecular complexity index is 1410. The second kappa shape index (κ2) is 13.6. The van der Waals surface area contributed by atoms with Crippen molar-refractivity contribution in [2.75, 3.05) is 17.1 Å². The molecule has 0 heterocycles. The van der Waals surface area contributed by atoms with E-state index in [1.54, 1.807) is 6.07 Å². The van der Waals surface area contributed by atoms with Gasteiger partial charge in [0, 0.05) is 19.0 Å². The van der Waals surface area contributed by atoms with Crippen LogP contribution in [-0.4, -0.2) is 50.0 Å². The van der Waals surface area contributed by atoms with Crippen molar-refractivity contribution in [3.05, 3.63) is 101 Å². The van der Waals surface area contributed by atoms with Crippen molar-refractivity contribution in [1.29, 1.82) is 0 Å². The largest absolute Gasteiger partial charge is 0.352 e. The zero-order valence-electron chi connectivity index (χ0n) is 24.3. The number of nitrogens with one attached hydrogen (secondary N) is 1. The Balaban J connectivity index is 2.07. The zero-order valence-corrected chi connectivity index (χ0v) is 25.2. The molecule has 0 spiro atoms. The van der Waals surface area contributed by atoms with Crippen LogP contribution in [0.15, 0.2) is 72.8 Å². The number of nitrogens with zero attached hydrogens (tertiary/aromatic N) is 2. The third kappa shape index (κ3) is 8.42. The number of benzene rings is 3. The fraction of sp³-hybridized carbons (Fsp3) is 0.375. The Hall–Kier alpha value is -3.65. The van der Waals surface area contributed by atoms with E-state index in [-0.39, 0.29) is 18.5 Å². The van der Waals surface area contributed by atoms with Gasteiger partial charge >= 0.3 is 0 Å². The van der Waals surface area contributed by atoms with Gasteiger partial charge in [-0.05, 0) is 56.9 Å². The number of amides is 2. The summed E-state index contributed by atoms with van der Waals surface area (Å²) in [7, 11) is -3.80. The summed E-state index contributed by atoms with van der Waals surface area (Å²) < 4.78 is 27.1. The average molecular weight is 564 g/mol. The molecule has 0 aliphatic rings. The summed E-state index contributed by atoms with van der Waals surface area (Å²) in [5.41, 5.74) is 5.02. The van der Waals surface area contributed by atoms with E-state index in [4.69, 9.17) is 0 Å². The van der Waals surface area contributed by atoms with Gasteiger partial charge in [0.05, 0.1) is 11.9 Å². The molecule has 0 saturated carbocycles. The molecule has 2 atom stereocenters. The van der Waals surface area contributed by atoms with Crippen LogP contribution in [0.3, 0.4) is 0 Å². The van der Waals surface area contributed by atoms with Crippen LogP contribution in [0.2, 0.25) is 0 Å². The summed E-state index contributed by atoms with van der Waals surface area (Å²) in [6.45, 7) is 9.40. The zero-order chi connectivity index (χ0) is 29.4. The highest BCUT2D eigenvalue weighted by atomic mass is 32.2. The van der Waals surface area contributed by atoms with E-state index < -0.39 is 28.5 Å². The maximum atomic E-state index is 14.2.